The highest BCUT2D eigenvalue weighted by molar-refractivity contribution is 7.89. The summed E-state index contributed by atoms with van der Waals surface area (Å²) >= 11 is 0. The Morgan fingerprint density at radius 2 is 1.66 bits per heavy atom. The number of sulfonamides is 1. The number of fused-ring (bicyclic) bond motifs is 1. The summed E-state index contributed by atoms with van der Waals surface area (Å²) in [5.74, 6) is 0.449. The number of nitriles is 1. The standard InChI is InChI=1S/C36H45N7O3S/c1-7-43(8-2)34(44)36(5,6)28-11-14-32-31(22-28)30(33(42-32)27-20-24(3)19-25(4)21-27)16-18-40-35(41-23-37)39-17-15-26-9-12-29(13-10-26)47(38,45)46/h9-14,19-22,42H,7-8,15-18H2,1-6H3,(H2,38,45,46)(H2,39,40,41). The first kappa shape index (κ1) is 35.2. The van der Waals surface area contributed by atoms with Crippen molar-refractivity contribution < 1.29 is 13.2 Å². The molecule has 0 saturated heterocycles. The zero-order chi connectivity index (χ0) is 34.4. The highest BCUT2D eigenvalue weighted by Crippen LogP contribution is 2.35. The second-order valence-corrected chi connectivity index (χ2v) is 13.9. The van der Waals surface area contributed by atoms with E-state index in [0.717, 1.165) is 38.9 Å². The number of aromatic amines is 1. The number of carbonyl (C=O) groups is 1. The first-order valence-corrected chi connectivity index (χ1v) is 17.4. The summed E-state index contributed by atoms with van der Waals surface area (Å²) in [5.41, 5.74) is 7.65. The fourth-order valence-electron chi connectivity index (χ4n) is 5.93. The Morgan fingerprint density at radius 1 is 1.00 bits per heavy atom. The van der Waals surface area contributed by atoms with Crippen molar-refractivity contribution in [2.75, 3.05) is 26.2 Å². The quantitative estimate of drug-likeness (QED) is 0.0725. The molecule has 3 aromatic carbocycles. The van der Waals surface area contributed by atoms with Crippen LogP contribution in [0.2, 0.25) is 0 Å². The molecule has 0 atom stereocenters. The Balaban J connectivity index is 1.63. The van der Waals surface area contributed by atoms with Gasteiger partial charge in [0.15, 0.2) is 6.19 Å². The molecule has 5 N–H and O–H groups in total. The van der Waals surface area contributed by atoms with Gasteiger partial charge in [-0.25, -0.2) is 13.6 Å². The number of aryl methyl sites for hydroxylation is 2. The van der Waals surface area contributed by atoms with Gasteiger partial charge in [0.05, 0.1) is 10.3 Å². The number of primary sulfonamides is 1. The van der Waals surface area contributed by atoms with E-state index >= 15 is 0 Å². The molecule has 0 spiro atoms. The van der Waals surface area contributed by atoms with Gasteiger partial charge < -0.3 is 15.2 Å². The zero-order valence-corrected chi connectivity index (χ0v) is 28.9. The van der Waals surface area contributed by atoms with Gasteiger partial charge in [0.2, 0.25) is 21.9 Å². The number of hydrogen-bond acceptors (Lipinski definition) is 5. The van der Waals surface area contributed by atoms with E-state index < -0.39 is 15.4 Å². The number of nitrogens with one attached hydrogen (secondary N) is 3. The van der Waals surface area contributed by atoms with Gasteiger partial charge in [-0.15, -0.1) is 0 Å². The second-order valence-electron chi connectivity index (χ2n) is 12.3. The van der Waals surface area contributed by atoms with Crippen LogP contribution in [0.15, 0.2) is 70.6 Å². The number of benzene rings is 3. The zero-order valence-electron chi connectivity index (χ0n) is 28.1. The van der Waals surface area contributed by atoms with Crippen molar-refractivity contribution in [1.29, 1.82) is 5.26 Å². The van der Waals surface area contributed by atoms with E-state index in [2.05, 4.69) is 64.8 Å². The number of aromatic nitrogens is 1. The normalized spacial score (nSPS) is 12.2. The number of aliphatic imine (C=N–C) groups is 1. The highest BCUT2D eigenvalue weighted by Gasteiger charge is 2.33. The summed E-state index contributed by atoms with van der Waals surface area (Å²) in [6.07, 6.45) is 3.12. The average molecular weight is 656 g/mol. The number of hydrogen-bond donors (Lipinski definition) is 4. The summed E-state index contributed by atoms with van der Waals surface area (Å²) < 4.78 is 23.1. The molecule has 47 heavy (non-hydrogen) atoms. The van der Waals surface area contributed by atoms with Crippen LogP contribution < -0.4 is 15.8 Å². The fourth-order valence-corrected chi connectivity index (χ4v) is 6.45. The SMILES string of the molecule is CCN(CC)C(=O)C(C)(C)c1ccc2[nH]c(-c3cc(C)cc(C)c3)c(CCN=C(NC#N)NCCc3ccc(S(N)(=O)=O)cc3)c2c1. The molecule has 0 aliphatic heterocycles. The number of rotatable bonds is 12. The first-order valence-electron chi connectivity index (χ1n) is 15.9. The number of amides is 1. The van der Waals surface area contributed by atoms with Crippen LogP contribution in [0.1, 0.15) is 55.5 Å². The molecule has 0 saturated carbocycles. The van der Waals surface area contributed by atoms with Crippen molar-refractivity contribution in [3.63, 3.8) is 0 Å². The van der Waals surface area contributed by atoms with Crippen LogP contribution >= 0.6 is 0 Å². The summed E-state index contributed by atoms with van der Waals surface area (Å²) in [7, 11) is -3.75. The minimum atomic E-state index is -3.75. The number of carbonyl (C=O) groups excluding carboxylic acids is 1. The lowest BCUT2D eigenvalue weighted by Crippen LogP contribution is -2.43. The van der Waals surface area contributed by atoms with Crippen LogP contribution in [0, 0.1) is 25.3 Å². The smallest absolute Gasteiger partial charge is 0.238 e. The summed E-state index contributed by atoms with van der Waals surface area (Å²) in [6, 6.07) is 19.1. The predicted molar refractivity (Wildman–Crippen MR) is 188 cm³/mol. The lowest BCUT2D eigenvalue weighted by molar-refractivity contribution is -0.135. The van der Waals surface area contributed by atoms with Gasteiger partial charge in [0, 0.05) is 42.8 Å². The molecule has 0 aliphatic rings. The minimum Gasteiger partial charge on any atom is -0.355 e. The van der Waals surface area contributed by atoms with E-state index in [4.69, 9.17) is 5.14 Å². The third-order valence-corrected chi connectivity index (χ3v) is 9.42. The number of likely N-dealkylation sites (N-methyl/N-ethyl adjacent to an activating group) is 1. The molecule has 0 fully saturated rings. The Labute approximate surface area is 278 Å². The molecule has 1 heterocycles. The fraction of sp³-hybridized carbons (Fsp3) is 0.361. The Bertz CT molecular complexity index is 1900. The number of H-pyrrole nitrogens is 1. The maximum absolute atomic E-state index is 13.5. The van der Waals surface area contributed by atoms with Crippen molar-refractivity contribution in [1.82, 2.24) is 20.5 Å². The number of nitrogens with two attached hydrogens (primary N) is 1. The Kier molecular flexibility index (Phi) is 11.1. The second kappa shape index (κ2) is 14.8. The molecule has 0 bridgehead atoms. The van der Waals surface area contributed by atoms with E-state index in [9.17, 15) is 18.5 Å². The monoisotopic (exact) mass is 655 g/mol. The molecule has 0 radical (unpaired) electrons. The molecular formula is C36H45N7O3S. The Hall–Kier alpha value is -4.66. The van der Waals surface area contributed by atoms with Crippen molar-refractivity contribution in [3.05, 3.63) is 88.5 Å². The largest absolute Gasteiger partial charge is 0.355 e. The van der Waals surface area contributed by atoms with Crippen LogP contribution in [0.4, 0.5) is 0 Å². The van der Waals surface area contributed by atoms with Crippen LogP contribution in [-0.4, -0.2) is 56.3 Å². The van der Waals surface area contributed by atoms with E-state index in [1.54, 1.807) is 12.1 Å². The third kappa shape index (κ3) is 8.39. The summed E-state index contributed by atoms with van der Waals surface area (Å²) in [5, 5.41) is 21.4. The summed E-state index contributed by atoms with van der Waals surface area (Å²) in [6.45, 7) is 14.3. The maximum Gasteiger partial charge on any atom is 0.238 e. The third-order valence-electron chi connectivity index (χ3n) is 8.49. The van der Waals surface area contributed by atoms with Crippen LogP contribution in [0.25, 0.3) is 22.2 Å². The molecule has 4 aromatic rings. The van der Waals surface area contributed by atoms with E-state index in [1.807, 2.05) is 44.9 Å². The lowest BCUT2D eigenvalue weighted by atomic mass is 9.82. The maximum atomic E-state index is 13.5. The topological polar surface area (TPSA) is 156 Å². The van der Waals surface area contributed by atoms with Gasteiger partial charge in [-0.2, -0.15) is 5.26 Å². The van der Waals surface area contributed by atoms with Gasteiger partial charge in [-0.1, -0.05) is 35.4 Å². The molecule has 1 amide bonds. The number of nitrogens with zero attached hydrogens (tertiary/aromatic N) is 3. The van der Waals surface area contributed by atoms with Crippen molar-refractivity contribution >= 4 is 32.8 Å². The van der Waals surface area contributed by atoms with E-state index in [-0.39, 0.29) is 10.8 Å². The lowest BCUT2D eigenvalue weighted by Gasteiger charge is -2.31. The summed E-state index contributed by atoms with van der Waals surface area (Å²) in [4.78, 5) is 23.8. The van der Waals surface area contributed by atoms with Crippen LogP contribution in [-0.2, 0) is 33.1 Å². The van der Waals surface area contributed by atoms with Crippen molar-refractivity contribution in [2.45, 2.75) is 64.7 Å². The first-order chi connectivity index (χ1) is 22.3. The van der Waals surface area contributed by atoms with Gasteiger partial charge in [-0.05, 0) is 113 Å². The average Bonchev–Trinajstić information content (AvgIpc) is 3.39. The molecular weight excluding hydrogens is 611 g/mol. The number of guanidine groups is 1. The molecule has 0 unspecified atom stereocenters. The molecule has 11 heteroatoms. The van der Waals surface area contributed by atoms with Gasteiger partial charge in [0.1, 0.15) is 0 Å². The predicted octanol–water partition coefficient (Wildman–Crippen LogP) is 5.05. The molecule has 0 aliphatic carbocycles. The van der Waals surface area contributed by atoms with Crippen molar-refractivity contribution in [3.8, 4) is 17.5 Å². The highest BCUT2D eigenvalue weighted by atomic mass is 32.2. The van der Waals surface area contributed by atoms with E-state index in [0.29, 0.717) is 45.0 Å². The van der Waals surface area contributed by atoms with Gasteiger partial charge in [-0.3, -0.25) is 15.1 Å². The van der Waals surface area contributed by atoms with E-state index in [1.165, 1.54) is 23.3 Å². The van der Waals surface area contributed by atoms with Crippen LogP contribution in [0.3, 0.4) is 0 Å². The molecule has 10 nitrogen and oxygen atoms in total. The minimum absolute atomic E-state index is 0.0613. The Morgan fingerprint density at radius 3 is 2.26 bits per heavy atom. The molecule has 248 valence electrons. The molecule has 1 aromatic heterocycles. The van der Waals surface area contributed by atoms with Crippen molar-refractivity contribution in [2.24, 2.45) is 10.1 Å². The van der Waals surface area contributed by atoms with Crippen LogP contribution in [0.5, 0.6) is 0 Å². The van der Waals surface area contributed by atoms with Gasteiger partial charge >= 0.3 is 0 Å². The molecule has 4 rings (SSSR count). The van der Waals surface area contributed by atoms with Gasteiger partial charge in [0.25, 0.3) is 0 Å².